The molecule has 4 aliphatic rings. The fourth-order valence-electron chi connectivity index (χ4n) is 5.62. The van der Waals surface area contributed by atoms with E-state index in [1.165, 1.54) is 0 Å². The largest absolute Gasteiger partial charge is 0.401 e. The first-order valence-corrected chi connectivity index (χ1v) is 13.3. The number of hydrogen-bond donors (Lipinski definition) is 3. The molecule has 0 bridgehead atoms. The van der Waals surface area contributed by atoms with E-state index in [1.54, 1.807) is 10.7 Å². The molecule has 8 nitrogen and oxygen atoms in total. The molecule has 3 heterocycles. The number of ketones is 1. The van der Waals surface area contributed by atoms with E-state index >= 15 is 0 Å². The molecule has 3 N–H and O–H groups in total. The van der Waals surface area contributed by atoms with Crippen LogP contribution in [0.3, 0.4) is 0 Å². The zero-order chi connectivity index (χ0) is 26.7. The van der Waals surface area contributed by atoms with E-state index in [1.807, 2.05) is 12.1 Å². The van der Waals surface area contributed by atoms with E-state index in [-0.39, 0.29) is 43.6 Å². The van der Waals surface area contributed by atoms with Crippen molar-refractivity contribution in [2.24, 2.45) is 11.3 Å². The standard InChI is InChI=1S/C27H31F3N6O2/c1-15-17(12-24(38)32-15)11-18-14-31-36-23(34-20-6-7-20)13-22(35-25(18)36)33-19-4-2-16(3-5-19)10-21(37)26(8-9-26)27(28,29)30/h11,13-14,16,19-20,34H,1-10,12H2,(H,32,38)(H,33,35)/b17-11+. The Kier molecular flexibility index (Phi) is 5.99. The molecule has 2 aromatic rings. The number of anilines is 2. The zero-order valence-electron chi connectivity index (χ0n) is 21.0. The van der Waals surface area contributed by atoms with Gasteiger partial charge in [0.15, 0.2) is 5.65 Å². The molecule has 1 aliphatic heterocycles. The Balaban J connectivity index is 1.16. The van der Waals surface area contributed by atoms with Gasteiger partial charge in [-0.25, -0.2) is 4.98 Å². The van der Waals surface area contributed by atoms with E-state index < -0.39 is 17.4 Å². The van der Waals surface area contributed by atoms with Gasteiger partial charge in [0.25, 0.3) is 0 Å². The van der Waals surface area contributed by atoms with Gasteiger partial charge in [0.05, 0.1) is 12.6 Å². The summed E-state index contributed by atoms with van der Waals surface area (Å²) in [4.78, 5) is 29.0. The summed E-state index contributed by atoms with van der Waals surface area (Å²) in [6.45, 7) is 3.91. The predicted octanol–water partition coefficient (Wildman–Crippen LogP) is 4.99. The number of rotatable bonds is 8. The van der Waals surface area contributed by atoms with Crippen molar-refractivity contribution in [3.63, 3.8) is 0 Å². The van der Waals surface area contributed by atoms with Crippen molar-refractivity contribution in [2.45, 2.75) is 82.5 Å². The molecule has 2 aromatic heterocycles. The number of carbonyl (C=O) groups excluding carboxylic acids is 2. The number of nitrogens with zero attached hydrogens (tertiary/aromatic N) is 3. The topological polar surface area (TPSA) is 100 Å². The van der Waals surface area contributed by atoms with Crippen LogP contribution < -0.4 is 16.0 Å². The van der Waals surface area contributed by atoms with Gasteiger partial charge < -0.3 is 16.0 Å². The molecule has 0 aromatic carbocycles. The summed E-state index contributed by atoms with van der Waals surface area (Å²) < 4.78 is 41.7. The number of aromatic nitrogens is 3. The van der Waals surface area contributed by atoms with Gasteiger partial charge in [-0.15, -0.1) is 0 Å². The van der Waals surface area contributed by atoms with E-state index in [2.05, 4.69) is 27.6 Å². The number of fused-ring (bicyclic) bond motifs is 1. The molecule has 3 aliphatic carbocycles. The van der Waals surface area contributed by atoms with Crippen molar-refractivity contribution in [1.82, 2.24) is 19.9 Å². The second kappa shape index (κ2) is 9.13. The SMILES string of the molecule is C=C1NC(=O)C/C1=C\c1cnn2c(NC3CC3)cc(NC3CCC(CC(=O)C4(C(F)(F)F)CC4)CC3)nc12. The molecular formula is C27H31F3N6O2. The molecule has 1 amide bonds. The smallest absolute Gasteiger partial charge is 0.367 e. The van der Waals surface area contributed by atoms with Crippen molar-refractivity contribution in [1.29, 1.82) is 0 Å². The van der Waals surface area contributed by atoms with E-state index in [9.17, 15) is 22.8 Å². The monoisotopic (exact) mass is 528 g/mol. The van der Waals surface area contributed by atoms with Crippen LogP contribution in [0.15, 0.2) is 30.1 Å². The lowest BCUT2D eigenvalue weighted by atomic mass is 9.80. The number of carbonyl (C=O) groups is 2. The molecule has 0 radical (unpaired) electrons. The third kappa shape index (κ3) is 4.78. The van der Waals surface area contributed by atoms with Gasteiger partial charge in [0, 0.05) is 35.8 Å². The maximum absolute atomic E-state index is 13.3. The highest BCUT2D eigenvalue weighted by Gasteiger charge is 2.67. The van der Waals surface area contributed by atoms with Gasteiger partial charge in [0.1, 0.15) is 22.8 Å². The number of amides is 1. The third-order valence-corrected chi connectivity index (χ3v) is 8.29. The van der Waals surface area contributed by atoms with Gasteiger partial charge in [-0.2, -0.15) is 22.8 Å². The molecule has 0 unspecified atom stereocenters. The fourth-order valence-corrected chi connectivity index (χ4v) is 5.62. The first-order valence-electron chi connectivity index (χ1n) is 13.3. The average Bonchev–Trinajstić information content (AvgIpc) is 3.77. The van der Waals surface area contributed by atoms with Crippen LogP contribution in [0.2, 0.25) is 0 Å². The van der Waals surface area contributed by atoms with Crippen molar-refractivity contribution in [3.05, 3.63) is 35.7 Å². The Morgan fingerprint density at radius 1 is 1.16 bits per heavy atom. The fraction of sp³-hybridized carbons (Fsp3) is 0.556. The third-order valence-electron chi connectivity index (χ3n) is 8.29. The maximum Gasteiger partial charge on any atom is 0.401 e. The van der Waals surface area contributed by atoms with Crippen LogP contribution in [0.4, 0.5) is 24.8 Å². The summed E-state index contributed by atoms with van der Waals surface area (Å²) in [7, 11) is 0. The number of allylic oxidation sites excluding steroid dienone is 1. The molecule has 11 heteroatoms. The van der Waals surface area contributed by atoms with Crippen LogP contribution in [-0.4, -0.2) is 44.5 Å². The Morgan fingerprint density at radius 2 is 1.84 bits per heavy atom. The van der Waals surface area contributed by atoms with Crippen molar-refractivity contribution in [3.8, 4) is 0 Å². The summed E-state index contributed by atoms with van der Waals surface area (Å²) in [6, 6.07) is 2.45. The second-order valence-corrected chi connectivity index (χ2v) is 11.2. The number of halogens is 3. The minimum absolute atomic E-state index is 0.00760. The molecule has 6 rings (SSSR count). The summed E-state index contributed by atoms with van der Waals surface area (Å²) in [5.41, 5.74) is 0.741. The van der Waals surface area contributed by atoms with Crippen molar-refractivity contribution < 1.29 is 22.8 Å². The lowest BCUT2D eigenvalue weighted by Crippen LogP contribution is -2.35. The average molecular weight is 529 g/mol. The second-order valence-electron chi connectivity index (χ2n) is 11.2. The molecule has 38 heavy (non-hydrogen) atoms. The molecule has 0 atom stereocenters. The summed E-state index contributed by atoms with van der Waals surface area (Å²) in [6.07, 6.45) is 4.46. The Hall–Kier alpha value is -3.37. The Labute approximate surface area is 218 Å². The normalized spacial score (nSPS) is 26.0. The summed E-state index contributed by atoms with van der Waals surface area (Å²) in [5.74, 6) is 0.784. The van der Waals surface area contributed by atoms with E-state index in [0.717, 1.165) is 42.6 Å². The van der Waals surface area contributed by atoms with Gasteiger partial charge in [-0.05, 0) is 68.9 Å². The van der Waals surface area contributed by atoms with Gasteiger partial charge in [-0.3, -0.25) is 9.59 Å². The van der Waals surface area contributed by atoms with Crippen LogP contribution in [0.5, 0.6) is 0 Å². The molecule has 1 saturated heterocycles. The van der Waals surface area contributed by atoms with Crippen molar-refractivity contribution in [2.75, 3.05) is 10.6 Å². The highest BCUT2D eigenvalue weighted by molar-refractivity contribution is 5.90. The minimum Gasteiger partial charge on any atom is -0.367 e. The number of hydrogen-bond acceptors (Lipinski definition) is 6. The number of alkyl halides is 3. The molecule has 3 saturated carbocycles. The number of Topliss-reactive ketones (excluding diaryl/α,β-unsaturated/α-hetero) is 1. The minimum atomic E-state index is -4.43. The van der Waals surface area contributed by atoms with Crippen LogP contribution in [0, 0.1) is 11.3 Å². The van der Waals surface area contributed by atoms with E-state index in [0.29, 0.717) is 36.0 Å². The molecule has 4 fully saturated rings. The maximum atomic E-state index is 13.3. The first kappa shape index (κ1) is 24.9. The quantitative estimate of drug-likeness (QED) is 0.446. The Bertz CT molecular complexity index is 1330. The first-order chi connectivity index (χ1) is 18.1. The lowest BCUT2D eigenvalue weighted by molar-refractivity contribution is -0.191. The van der Waals surface area contributed by atoms with Gasteiger partial charge in [0.2, 0.25) is 5.91 Å². The Morgan fingerprint density at radius 3 is 2.45 bits per heavy atom. The van der Waals surface area contributed by atoms with Gasteiger partial charge in [-0.1, -0.05) is 6.58 Å². The highest BCUT2D eigenvalue weighted by atomic mass is 19.4. The summed E-state index contributed by atoms with van der Waals surface area (Å²) in [5, 5.41) is 14.3. The highest BCUT2D eigenvalue weighted by Crippen LogP contribution is 2.59. The van der Waals surface area contributed by atoms with Crippen LogP contribution in [0.25, 0.3) is 11.7 Å². The van der Waals surface area contributed by atoms with Crippen molar-refractivity contribution >= 4 is 35.0 Å². The molecular weight excluding hydrogens is 497 g/mol. The van der Waals surface area contributed by atoms with Crippen LogP contribution >= 0.6 is 0 Å². The van der Waals surface area contributed by atoms with Crippen LogP contribution in [-0.2, 0) is 9.59 Å². The van der Waals surface area contributed by atoms with Gasteiger partial charge >= 0.3 is 6.18 Å². The summed E-state index contributed by atoms with van der Waals surface area (Å²) >= 11 is 0. The van der Waals surface area contributed by atoms with E-state index in [4.69, 9.17) is 4.98 Å². The van der Waals surface area contributed by atoms with Crippen LogP contribution in [0.1, 0.15) is 69.8 Å². The number of nitrogens with one attached hydrogen (secondary N) is 3. The predicted molar refractivity (Wildman–Crippen MR) is 136 cm³/mol. The lowest BCUT2D eigenvalue weighted by Gasteiger charge is -2.30. The molecule has 202 valence electrons. The zero-order valence-corrected chi connectivity index (χ0v) is 21.0. The molecule has 0 spiro atoms.